The molecule has 1 aliphatic rings. The molecule has 0 spiro atoms. The molecule has 1 N–H and O–H groups in total. The molecule has 1 fully saturated rings. The second-order valence-corrected chi connectivity index (χ2v) is 3.81. The summed E-state index contributed by atoms with van der Waals surface area (Å²) in [6.45, 7) is 2.29. The Morgan fingerprint density at radius 3 is 2.54 bits per heavy atom. The van der Waals surface area contributed by atoms with Gasteiger partial charge in [-0.3, -0.25) is 0 Å². The lowest BCUT2D eigenvalue weighted by Gasteiger charge is -2.14. The normalized spacial score (nSPS) is 28.5. The summed E-state index contributed by atoms with van der Waals surface area (Å²) in [4.78, 5) is 8.08. The van der Waals surface area contributed by atoms with Crippen molar-refractivity contribution in [2.24, 2.45) is 11.8 Å². The molecule has 3 unspecified atom stereocenters. The van der Waals surface area contributed by atoms with Crippen LogP contribution in [-0.4, -0.2) is 17.0 Å². The zero-order chi connectivity index (χ0) is 9.26. The first-order valence-electron chi connectivity index (χ1n) is 4.75. The quantitative estimate of drug-likeness (QED) is 0.758. The molecule has 0 aromatic carbocycles. The number of hydrogen-bond acceptors (Lipinski definition) is 3. The van der Waals surface area contributed by atoms with Crippen LogP contribution in [0.5, 0.6) is 0 Å². The van der Waals surface area contributed by atoms with Gasteiger partial charge in [0.15, 0.2) is 0 Å². The van der Waals surface area contributed by atoms with Crippen molar-refractivity contribution in [1.29, 1.82) is 0 Å². The van der Waals surface area contributed by atoms with E-state index >= 15 is 0 Å². The molecule has 1 aromatic rings. The third kappa shape index (κ3) is 1.70. The van der Waals surface area contributed by atoms with E-state index in [1.165, 1.54) is 12.0 Å². The van der Waals surface area contributed by atoms with Crippen LogP contribution in [0, 0.1) is 11.8 Å². The van der Waals surface area contributed by atoms with Crippen LogP contribution in [0.4, 0.5) is 0 Å². The van der Waals surface area contributed by atoms with Crippen LogP contribution < -0.4 is 5.32 Å². The van der Waals surface area contributed by atoms with E-state index in [1.807, 2.05) is 19.4 Å². The molecule has 0 saturated heterocycles. The van der Waals surface area contributed by atoms with E-state index in [9.17, 15) is 0 Å². The maximum Gasteiger partial charge on any atom is 0.115 e. The Morgan fingerprint density at radius 1 is 1.46 bits per heavy atom. The fourth-order valence-electron chi connectivity index (χ4n) is 1.91. The summed E-state index contributed by atoms with van der Waals surface area (Å²) < 4.78 is 0. The highest BCUT2D eigenvalue weighted by molar-refractivity contribution is 5.13. The van der Waals surface area contributed by atoms with Crippen molar-refractivity contribution in [1.82, 2.24) is 15.3 Å². The first-order valence-corrected chi connectivity index (χ1v) is 4.75. The van der Waals surface area contributed by atoms with Crippen LogP contribution in [0.3, 0.4) is 0 Å². The lowest BCUT2D eigenvalue weighted by Crippen LogP contribution is -2.19. The number of hydrogen-bond donors (Lipinski definition) is 1. The van der Waals surface area contributed by atoms with E-state index in [0.29, 0.717) is 6.04 Å². The van der Waals surface area contributed by atoms with Gasteiger partial charge in [-0.15, -0.1) is 0 Å². The molecule has 0 radical (unpaired) electrons. The van der Waals surface area contributed by atoms with Gasteiger partial charge < -0.3 is 5.32 Å². The number of aromatic nitrogens is 2. The first-order chi connectivity index (χ1) is 6.33. The molecular weight excluding hydrogens is 162 g/mol. The molecule has 3 atom stereocenters. The molecule has 0 aliphatic heterocycles. The molecule has 1 heterocycles. The number of nitrogens with one attached hydrogen (secondary N) is 1. The van der Waals surface area contributed by atoms with Crippen LogP contribution in [-0.2, 0) is 0 Å². The lowest BCUT2D eigenvalue weighted by molar-refractivity contribution is 0.501. The fourth-order valence-corrected chi connectivity index (χ4v) is 1.91. The molecule has 1 aliphatic carbocycles. The standard InChI is InChI=1S/C10H15N3/c1-7-3-9(7)10(11-2)8-4-12-6-13-5-8/h4-7,9-11H,3H2,1-2H3. The van der Waals surface area contributed by atoms with Crippen molar-refractivity contribution in [3.8, 4) is 0 Å². The predicted molar refractivity (Wildman–Crippen MR) is 51.1 cm³/mol. The van der Waals surface area contributed by atoms with Gasteiger partial charge in [0.2, 0.25) is 0 Å². The predicted octanol–water partition coefficient (Wildman–Crippen LogP) is 1.39. The minimum atomic E-state index is 0.441. The Hall–Kier alpha value is -0.960. The van der Waals surface area contributed by atoms with Crippen molar-refractivity contribution in [3.63, 3.8) is 0 Å². The number of nitrogens with zero attached hydrogens (tertiary/aromatic N) is 2. The fraction of sp³-hybridized carbons (Fsp3) is 0.600. The van der Waals surface area contributed by atoms with Crippen LogP contribution in [0.2, 0.25) is 0 Å². The second kappa shape index (κ2) is 3.42. The highest BCUT2D eigenvalue weighted by atomic mass is 14.9. The molecule has 70 valence electrons. The first kappa shape index (κ1) is 8.63. The maximum atomic E-state index is 4.04. The van der Waals surface area contributed by atoms with E-state index in [2.05, 4.69) is 22.2 Å². The van der Waals surface area contributed by atoms with Gasteiger partial charge in [0, 0.05) is 24.0 Å². The maximum absolute atomic E-state index is 4.04. The van der Waals surface area contributed by atoms with Gasteiger partial charge in [-0.25, -0.2) is 9.97 Å². The molecule has 2 rings (SSSR count). The summed E-state index contributed by atoms with van der Waals surface area (Å²) in [5.41, 5.74) is 1.21. The van der Waals surface area contributed by atoms with Crippen LogP contribution in [0.1, 0.15) is 24.9 Å². The van der Waals surface area contributed by atoms with E-state index in [1.54, 1.807) is 6.33 Å². The average molecular weight is 177 g/mol. The Bertz CT molecular complexity index is 273. The Labute approximate surface area is 78.6 Å². The van der Waals surface area contributed by atoms with E-state index in [4.69, 9.17) is 0 Å². The molecule has 3 nitrogen and oxygen atoms in total. The smallest absolute Gasteiger partial charge is 0.115 e. The zero-order valence-corrected chi connectivity index (χ0v) is 8.07. The van der Waals surface area contributed by atoms with E-state index in [0.717, 1.165) is 11.8 Å². The van der Waals surface area contributed by atoms with Gasteiger partial charge >= 0.3 is 0 Å². The summed E-state index contributed by atoms with van der Waals surface area (Å²) in [7, 11) is 2.00. The van der Waals surface area contributed by atoms with Crippen LogP contribution in [0.25, 0.3) is 0 Å². The molecule has 3 heteroatoms. The van der Waals surface area contributed by atoms with Gasteiger partial charge in [0.1, 0.15) is 6.33 Å². The summed E-state index contributed by atoms with van der Waals surface area (Å²) in [5, 5.41) is 3.33. The van der Waals surface area contributed by atoms with Gasteiger partial charge in [-0.05, 0) is 25.3 Å². The average Bonchev–Trinajstić information content (AvgIpc) is 2.86. The zero-order valence-electron chi connectivity index (χ0n) is 8.07. The van der Waals surface area contributed by atoms with Crippen molar-refractivity contribution in [2.45, 2.75) is 19.4 Å². The summed E-state index contributed by atoms with van der Waals surface area (Å²) in [6, 6.07) is 0.441. The van der Waals surface area contributed by atoms with E-state index < -0.39 is 0 Å². The Kier molecular flexibility index (Phi) is 2.27. The van der Waals surface area contributed by atoms with Crippen LogP contribution >= 0.6 is 0 Å². The minimum absolute atomic E-state index is 0.441. The highest BCUT2D eigenvalue weighted by Crippen LogP contribution is 2.46. The molecule has 0 amide bonds. The highest BCUT2D eigenvalue weighted by Gasteiger charge is 2.39. The molecular formula is C10H15N3. The summed E-state index contributed by atoms with van der Waals surface area (Å²) in [6.07, 6.45) is 6.70. The second-order valence-electron chi connectivity index (χ2n) is 3.81. The molecule has 13 heavy (non-hydrogen) atoms. The number of rotatable bonds is 3. The monoisotopic (exact) mass is 177 g/mol. The summed E-state index contributed by atoms with van der Waals surface area (Å²) >= 11 is 0. The molecule has 1 saturated carbocycles. The lowest BCUT2D eigenvalue weighted by atomic mass is 10.1. The Balaban J connectivity index is 2.13. The van der Waals surface area contributed by atoms with Gasteiger partial charge in [0.05, 0.1) is 0 Å². The third-order valence-corrected chi connectivity index (χ3v) is 2.85. The largest absolute Gasteiger partial charge is 0.313 e. The SMILES string of the molecule is CNC(c1cncnc1)C1CC1C. The Morgan fingerprint density at radius 2 is 2.08 bits per heavy atom. The van der Waals surface area contributed by atoms with Gasteiger partial charge in [-0.2, -0.15) is 0 Å². The van der Waals surface area contributed by atoms with Gasteiger partial charge in [-0.1, -0.05) is 6.92 Å². The topological polar surface area (TPSA) is 37.8 Å². The third-order valence-electron chi connectivity index (χ3n) is 2.85. The molecule has 0 bridgehead atoms. The molecule has 1 aromatic heterocycles. The van der Waals surface area contributed by atoms with Crippen molar-refractivity contribution in [2.75, 3.05) is 7.05 Å². The van der Waals surface area contributed by atoms with Crippen molar-refractivity contribution >= 4 is 0 Å². The van der Waals surface area contributed by atoms with Crippen molar-refractivity contribution in [3.05, 3.63) is 24.3 Å². The van der Waals surface area contributed by atoms with Gasteiger partial charge in [0.25, 0.3) is 0 Å². The minimum Gasteiger partial charge on any atom is -0.313 e. The summed E-state index contributed by atoms with van der Waals surface area (Å²) in [5.74, 6) is 1.62. The van der Waals surface area contributed by atoms with E-state index in [-0.39, 0.29) is 0 Å². The van der Waals surface area contributed by atoms with Crippen molar-refractivity contribution < 1.29 is 0 Å². The van der Waals surface area contributed by atoms with Crippen LogP contribution in [0.15, 0.2) is 18.7 Å².